The highest BCUT2D eigenvalue weighted by molar-refractivity contribution is 7.15. The second-order valence-corrected chi connectivity index (χ2v) is 7.55. The normalized spacial score (nSPS) is 11.7. The van der Waals surface area contributed by atoms with E-state index in [9.17, 15) is 22.8 Å². The first-order valence-corrected chi connectivity index (χ1v) is 10.00. The maximum Gasteiger partial charge on any atom is 0.471 e. The lowest BCUT2D eigenvalue weighted by Gasteiger charge is -2.08. The molecular formula is C20H14ClF3N4O3S. The van der Waals surface area contributed by atoms with Gasteiger partial charge >= 0.3 is 12.1 Å². The number of carbonyl (C=O) groups is 2. The number of aromatic nitrogens is 2. The van der Waals surface area contributed by atoms with Crippen LogP contribution < -0.4 is 15.4 Å². The zero-order valence-electron chi connectivity index (χ0n) is 16.2. The number of hydrogen-bond donors (Lipinski definition) is 2. The standard InChI is InChI=1S/C20H14ClF3N4O3S/c1-31-14-7-5-12(6-8-14)25-16(29)18-28-27-17(32-18)15(21)10-11-3-2-4-13(9-11)26-19(30)20(22,23)24/h2-10H,1H3,(H,25,29)(H,26,30)/b15-10-. The van der Waals surface area contributed by atoms with Crippen LogP contribution in [0.1, 0.15) is 20.4 Å². The van der Waals surface area contributed by atoms with Crippen molar-refractivity contribution in [3.05, 3.63) is 64.1 Å². The number of nitrogens with zero attached hydrogens (tertiary/aromatic N) is 2. The summed E-state index contributed by atoms with van der Waals surface area (Å²) in [5.74, 6) is -1.93. The molecule has 2 aromatic carbocycles. The predicted molar refractivity (Wildman–Crippen MR) is 116 cm³/mol. The molecule has 0 radical (unpaired) electrons. The lowest BCUT2D eigenvalue weighted by atomic mass is 10.2. The second kappa shape index (κ2) is 9.79. The van der Waals surface area contributed by atoms with Gasteiger partial charge in [-0.25, -0.2) is 0 Å². The molecule has 0 atom stereocenters. The number of amides is 2. The van der Waals surface area contributed by atoms with Crippen molar-refractivity contribution in [2.75, 3.05) is 17.7 Å². The van der Waals surface area contributed by atoms with E-state index in [2.05, 4.69) is 15.5 Å². The van der Waals surface area contributed by atoms with Crippen molar-refractivity contribution >= 4 is 57.2 Å². The fourth-order valence-corrected chi connectivity index (χ4v) is 3.31. The Hall–Kier alpha value is -3.44. The average Bonchev–Trinajstić information content (AvgIpc) is 3.24. The SMILES string of the molecule is COc1ccc(NC(=O)c2nnc(/C(Cl)=C/c3cccc(NC(=O)C(F)(F)F)c3)s2)cc1. The fourth-order valence-electron chi connectivity index (χ4n) is 2.39. The molecule has 0 fully saturated rings. The summed E-state index contributed by atoms with van der Waals surface area (Å²) in [6, 6.07) is 12.3. The molecule has 0 unspecified atom stereocenters. The van der Waals surface area contributed by atoms with E-state index in [1.54, 1.807) is 35.6 Å². The number of halogens is 4. The minimum absolute atomic E-state index is 0.0534. The Morgan fingerprint density at radius 2 is 1.72 bits per heavy atom. The highest BCUT2D eigenvalue weighted by atomic mass is 35.5. The minimum atomic E-state index is -5.00. The van der Waals surface area contributed by atoms with Crippen LogP contribution in [-0.4, -0.2) is 35.3 Å². The maximum absolute atomic E-state index is 12.4. The van der Waals surface area contributed by atoms with Gasteiger partial charge in [-0.3, -0.25) is 9.59 Å². The molecule has 2 N–H and O–H groups in total. The Kier molecular flexibility index (Phi) is 7.11. The molecule has 0 saturated heterocycles. The Bertz CT molecular complexity index is 1160. The van der Waals surface area contributed by atoms with Gasteiger partial charge in [0.15, 0.2) is 5.01 Å². The Balaban J connectivity index is 1.70. The van der Waals surface area contributed by atoms with Gasteiger partial charge in [0.1, 0.15) is 5.75 Å². The molecule has 0 aliphatic carbocycles. The molecule has 32 heavy (non-hydrogen) atoms. The molecule has 1 aromatic heterocycles. The molecule has 0 bridgehead atoms. The molecule has 3 aromatic rings. The largest absolute Gasteiger partial charge is 0.497 e. The Morgan fingerprint density at radius 3 is 2.38 bits per heavy atom. The number of ether oxygens (including phenoxy) is 1. The summed E-state index contributed by atoms with van der Waals surface area (Å²) in [4.78, 5) is 23.4. The highest BCUT2D eigenvalue weighted by Gasteiger charge is 2.38. The first-order valence-electron chi connectivity index (χ1n) is 8.80. The van der Waals surface area contributed by atoms with Gasteiger partial charge in [0.2, 0.25) is 5.01 Å². The summed E-state index contributed by atoms with van der Waals surface area (Å²) in [6.07, 6.45) is -3.57. The minimum Gasteiger partial charge on any atom is -0.497 e. The zero-order chi connectivity index (χ0) is 23.3. The van der Waals surface area contributed by atoms with Crippen LogP contribution in [0, 0.1) is 0 Å². The molecular weight excluding hydrogens is 469 g/mol. The smallest absolute Gasteiger partial charge is 0.471 e. The van der Waals surface area contributed by atoms with Gasteiger partial charge in [0, 0.05) is 11.4 Å². The summed E-state index contributed by atoms with van der Waals surface area (Å²) >= 11 is 7.17. The fraction of sp³-hybridized carbons (Fsp3) is 0.100. The van der Waals surface area contributed by atoms with E-state index in [0.717, 1.165) is 11.3 Å². The molecule has 0 aliphatic rings. The number of hydrogen-bond acceptors (Lipinski definition) is 6. The van der Waals surface area contributed by atoms with Crippen molar-refractivity contribution in [2.45, 2.75) is 6.18 Å². The predicted octanol–water partition coefficient (Wildman–Crippen LogP) is 5.04. The molecule has 2 amide bonds. The lowest BCUT2D eigenvalue weighted by molar-refractivity contribution is -0.167. The molecule has 12 heteroatoms. The van der Waals surface area contributed by atoms with Crippen molar-refractivity contribution < 1.29 is 27.5 Å². The third-order valence-corrected chi connectivity index (χ3v) is 5.22. The van der Waals surface area contributed by atoms with Crippen LogP contribution in [0.3, 0.4) is 0 Å². The number of benzene rings is 2. The van der Waals surface area contributed by atoms with Gasteiger partial charge < -0.3 is 15.4 Å². The van der Waals surface area contributed by atoms with Crippen LogP contribution in [0.5, 0.6) is 5.75 Å². The van der Waals surface area contributed by atoms with Crippen LogP contribution >= 0.6 is 22.9 Å². The summed E-state index contributed by atoms with van der Waals surface area (Å²) in [5, 5.41) is 12.5. The molecule has 166 valence electrons. The molecule has 1 heterocycles. The van der Waals surface area contributed by atoms with Gasteiger partial charge in [-0.2, -0.15) is 13.2 Å². The number of methoxy groups -OCH3 is 1. The van der Waals surface area contributed by atoms with E-state index in [-0.39, 0.29) is 20.7 Å². The number of anilines is 2. The van der Waals surface area contributed by atoms with Crippen LogP contribution in [0.2, 0.25) is 0 Å². The van der Waals surface area contributed by atoms with Gasteiger partial charge in [0.05, 0.1) is 12.1 Å². The molecule has 3 rings (SSSR count). The summed E-state index contributed by atoms with van der Waals surface area (Å²) < 4.78 is 42.3. The second-order valence-electron chi connectivity index (χ2n) is 6.16. The van der Waals surface area contributed by atoms with Gasteiger partial charge in [-0.05, 0) is 48.0 Å². The van der Waals surface area contributed by atoms with E-state index in [1.165, 1.54) is 31.4 Å². The van der Waals surface area contributed by atoms with Crippen molar-refractivity contribution in [2.24, 2.45) is 0 Å². The summed E-state index contributed by atoms with van der Waals surface area (Å²) in [6.45, 7) is 0. The molecule has 0 aliphatic heterocycles. The summed E-state index contributed by atoms with van der Waals surface area (Å²) in [7, 11) is 1.53. The average molecular weight is 483 g/mol. The van der Waals surface area contributed by atoms with Crippen molar-refractivity contribution in [3.8, 4) is 5.75 Å². The third-order valence-electron chi connectivity index (χ3n) is 3.87. The van der Waals surface area contributed by atoms with Crippen LogP contribution in [0.15, 0.2) is 48.5 Å². The molecule has 0 saturated carbocycles. The number of rotatable bonds is 6. The van der Waals surface area contributed by atoms with E-state index in [4.69, 9.17) is 16.3 Å². The van der Waals surface area contributed by atoms with E-state index >= 15 is 0 Å². The van der Waals surface area contributed by atoms with Gasteiger partial charge in [-0.1, -0.05) is 35.1 Å². The first-order chi connectivity index (χ1) is 15.2. The molecule has 7 nitrogen and oxygen atoms in total. The summed E-state index contributed by atoms with van der Waals surface area (Å²) in [5.41, 5.74) is 0.892. The topological polar surface area (TPSA) is 93.2 Å². The first kappa shape index (κ1) is 23.2. The maximum atomic E-state index is 12.4. The number of alkyl halides is 3. The van der Waals surface area contributed by atoms with Gasteiger partial charge in [0.25, 0.3) is 5.91 Å². The van der Waals surface area contributed by atoms with Crippen molar-refractivity contribution in [3.63, 3.8) is 0 Å². The molecule has 0 spiro atoms. The van der Waals surface area contributed by atoms with E-state index in [1.807, 2.05) is 0 Å². The monoisotopic (exact) mass is 482 g/mol. The number of nitrogens with one attached hydrogen (secondary N) is 2. The van der Waals surface area contributed by atoms with Crippen LogP contribution in [0.25, 0.3) is 11.1 Å². The van der Waals surface area contributed by atoms with E-state index < -0.39 is 18.0 Å². The van der Waals surface area contributed by atoms with Crippen molar-refractivity contribution in [1.82, 2.24) is 10.2 Å². The number of carbonyl (C=O) groups excluding carboxylic acids is 2. The Labute approximate surface area is 188 Å². The Morgan fingerprint density at radius 1 is 1.03 bits per heavy atom. The third kappa shape index (κ3) is 6.05. The van der Waals surface area contributed by atoms with Crippen LogP contribution in [-0.2, 0) is 4.79 Å². The van der Waals surface area contributed by atoms with E-state index in [0.29, 0.717) is 17.0 Å². The van der Waals surface area contributed by atoms with Crippen LogP contribution in [0.4, 0.5) is 24.5 Å². The van der Waals surface area contributed by atoms with Gasteiger partial charge in [-0.15, -0.1) is 10.2 Å². The van der Waals surface area contributed by atoms with Crippen molar-refractivity contribution in [1.29, 1.82) is 0 Å². The highest BCUT2D eigenvalue weighted by Crippen LogP contribution is 2.27. The quantitative estimate of drug-likeness (QED) is 0.513. The zero-order valence-corrected chi connectivity index (χ0v) is 17.8. The lowest BCUT2D eigenvalue weighted by Crippen LogP contribution is -2.29.